The van der Waals surface area contributed by atoms with Crippen molar-refractivity contribution in [2.24, 2.45) is 0 Å². The highest BCUT2D eigenvalue weighted by Gasteiger charge is 2.16. The number of hydrogen-bond acceptors (Lipinski definition) is 3. The third-order valence-corrected chi connectivity index (χ3v) is 4.07. The smallest absolute Gasteiger partial charge is 0.196 e. The van der Waals surface area contributed by atoms with Gasteiger partial charge in [0, 0.05) is 12.0 Å². The van der Waals surface area contributed by atoms with Crippen LogP contribution in [0.4, 0.5) is 0 Å². The van der Waals surface area contributed by atoms with E-state index in [2.05, 4.69) is 27.0 Å². The second kappa shape index (κ2) is 6.31. The van der Waals surface area contributed by atoms with Gasteiger partial charge in [-0.05, 0) is 25.1 Å². The molecular formula is C17H16BrNO2. The summed E-state index contributed by atoms with van der Waals surface area (Å²) in [7, 11) is 0. The van der Waals surface area contributed by atoms with Gasteiger partial charge in [0.25, 0.3) is 0 Å². The molecule has 3 rings (SSSR count). The molecule has 1 unspecified atom stereocenters. The fourth-order valence-corrected chi connectivity index (χ4v) is 2.95. The number of rotatable bonds is 5. The van der Waals surface area contributed by atoms with Crippen molar-refractivity contribution in [1.82, 2.24) is 4.98 Å². The van der Waals surface area contributed by atoms with Crippen LogP contribution < -0.4 is 4.74 Å². The molecule has 21 heavy (non-hydrogen) atoms. The second-order valence-corrected chi connectivity index (χ2v) is 5.82. The molecule has 3 nitrogen and oxygen atoms in total. The summed E-state index contributed by atoms with van der Waals surface area (Å²) < 4.78 is 11.5. The van der Waals surface area contributed by atoms with E-state index in [1.807, 2.05) is 49.4 Å². The minimum absolute atomic E-state index is 0.105. The van der Waals surface area contributed by atoms with Crippen LogP contribution in [0, 0.1) is 0 Å². The lowest BCUT2D eigenvalue weighted by atomic mass is 10.1. The van der Waals surface area contributed by atoms with E-state index in [9.17, 15) is 0 Å². The predicted molar refractivity (Wildman–Crippen MR) is 87.0 cm³/mol. The molecule has 4 heteroatoms. The van der Waals surface area contributed by atoms with Crippen LogP contribution in [-0.4, -0.2) is 11.6 Å². The van der Waals surface area contributed by atoms with E-state index >= 15 is 0 Å². The van der Waals surface area contributed by atoms with Crippen molar-refractivity contribution in [3.8, 4) is 5.75 Å². The Bertz CT molecular complexity index is 705. The normalized spacial score (nSPS) is 12.5. The zero-order valence-corrected chi connectivity index (χ0v) is 13.3. The van der Waals surface area contributed by atoms with Crippen LogP contribution in [0.15, 0.2) is 52.9 Å². The van der Waals surface area contributed by atoms with E-state index < -0.39 is 0 Å². The molecule has 108 valence electrons. The van der Waals surface area contributed by atoms with Gasteiger partial charge in [-0.15, -0.1) is 0 Å². The lowest BCUT2D eigenvalue weighted by molar-refractivity contribution is 0.336. The molecule has 1 heterocycles. The summed E-state index contributed by atoms with van der Waals surface area (Å²) >= 11 is 3.72. The molecule has 0 fully saturated rings. The van der Waals surface area contributed by atoms with E-state index in [1.54, 1.807) is 0 Å². The molecule has 0 saturated carbocycles. The van der Waals surface area contributed by atoms with Crippen molar-refractivity contribution in [1.29, 1.82) is 0 Å². The predicted octanol–water partition coefficient (Wildman–Crippen LogP) is 4.91. The first-order chi connectivity index (χ1) is 10.3. The molecular weight excluding hydrogens is 330 g/mol. The molecule has 0 radical (unpaired) electrons. The van der Waals surface area contributed by atoms with Crippen LogP contribution in [0.2, 0.25) is 0 Å². The summed E-state index contributed by atoms with van der Waals surface area (Å²) in [5, 5.41) is 0. The van der Waals surface area contributed by atoms with Gasteiger partial charge >= 0.3 is 0 Å². The number of aromatic nitrogens is 1. The highest BCUT2D eigenvalue weighted by atomic mass is 79.9. The van der Waals surface area contributed by atoms with Gasteiger partial charge in [0.2, 0.25) is 0 Å². The van der Waals surface area contributed by atoms with Gasteiger partial charge in [-0.3, -0.25) is 0 Å². The maximum atomic E-state index is 5.78. The molecule has 1 atom stereocenters. The average Bonchev–Trinajstić information content (AvgIpc) is 2.90. The van der Waals surface area contributed by atoms with Crippen LogP contribution in [0.1, 0.15) is 23.2 Å². The third kappa shape index (κ3) is 3.10. The van der Waals surface area contributed by atoms with Gasteiger partial charge in [-0.1, -0.05) is 46.3 Å². The van der Waals surface area contributed by atoms with Gasteiger partial charge in [0.05, 0.1) is 11.4 Å². The summed E-state index contributed by atoms with van der Waals surface area (Å²) in [6.45, 7) is 2.64. The van der Waals surface area contributed by atoms with Crippen LogP contribution in [0.25, 0.3) is 11.1 Å². The zero-order valence-electron chi connectivity index (χ0n) is 11.8. The first-order valence-corrected chi connectivity index (χ1v) is 7.89. The van der Waals surface area contributed by atoms with Crippen LogP contribution in [0.5, 0.6) is 5.75 Å². The number of oxazole rings is 1. The van der Waals surface area contributed by atoms with Crippen molar-refractivity contribution < 1.29 is 9.15 Å². The quantitative estimate of drug-likeness (QED) is 0.616. The van der Waals surface area contributed by atoms with Crippen molar-refractivity contribution in [3.05, 3.63) is 60.0 Å². The summed E-state index contributed by atoms with van der Waals surface area (Å²) in [5.74, 6) is 1.63. The number of ether oxygens (including phenoxy) is 1. The lowest BCUT2D eigenvalue weighted by Gasteiger charge is -2.13. The molecule has 1 aromatic heterocycles. The number of para-hydroxylation sites is 3. The van der Waals surface area contributed by atoms with Crippen molar-refractivity contribution in [3.63, 3.8) is 0 Å². The van der Waals surface area contributed by atoms with E-state index in [0.29, 0.717) is 13.0 Å². The molecule has 0 aliphatic rings. The number of fused-ring (bicyclic) bond motifs is 1. The Labute approximate surface area is 132 Å². The number of hydrogen-bond donors (Lipinski definition) is 0. The van der Waals surface area contributed by atoms with Gasteiger partial charge in [0.15, 0.2) is 11.5 Å². The van der Waals surface area contributed by atoms with E-state index in [-0.39, 0.29) is 4.83 Å². The van der Waals surface area contributed by atoms with Crippen LogP contribution >= 0.6 is 15.9 Å². The molecule has 0 saturated heterocycles. The first-order valence-electron chi connectivity index (χ1n) is 6.98. The van der Waals surface area contributed by atoms with Crippen molar-refractivity contribution in [2.45, 2.75) is 18.2 Å². The highest BCUT2D eigenvalue weighted by Crippen LogP contribution is 2.34. The summed E-state index contributed by atoms with van der Waals surface area (Å²) in [4.78, 5) is 4.62. The molecule has 0 aliphatic heterocycles. The number of halogens is 1. The highest BCUT2D eigenvalue weighted by molar-refractivity contribution is 9.09. The van der Waals surface area contributed by atoms with E-state index in [0.717, 1.165) is 28.3 Å². The fourth-order valence-electron chi connectivity index (χ4n) is 2.30. The fraction of sp³-hybridized carbons (Fsp3) is 0.235. The van der Waals surface area contributed by atoms with Crippen molar-refractivity contribution >= 4 is 27.0 Å². The minimum atomic E-state index is 0.105. The van der Waals surface area contributed by atoms with E-state index in [4.69, 9.17) is 9.15 Å². The SMILES string of the molecule is CCOc1ccccc1C(Br)Cc1nc2ccccc2o1. The average molecular weight is 346 g/mol. The van der Waals surface area contributed by atoms with Crippen molar-refractivity contribution in [2.75, 3.05) is 6.61 Å². The molecule has 0 N–H and O–H groups in total. The molecule has 3 aromatic rings. The van der Waals surface area contributed by atoms with E-state index in [1.165, 1.54) is 0 Å². The largest absolute Gasteiger partial charge is 0.494 e. The zero-order chi connectivity index (χ0) is 14.7. The Morgan fingerprint density at radius 1 is 1.14 bits per heavy atom. The Balaban J connectivity index is 1.84. The van der Waals surface area contributed by atoms with Gasteiger partial charge < -0.3 is 9.15 Å². The second-order valence-electron chi connectivity index (χ2n) is 4.72. The Kier molecular flexibility index (Phi) is 4.25. The Morgan fingerprint density at radius 2 is 1.90 bits per heavy atom. The minimum Gasteiger partial charge on any atom is -0.494 e. The Morgan fingerprint density at radius 3 is 2.71 bits per heavy atom. The first kappa shape index (κ1) is 14.1. The summed E-state index contributed by atoms with van der Waals surface area (Å²) in [6.07, 6.45) is 0.679. The number of benzene rings is 2. The standard InChI is InChI=1S/C17H16BrNO2/c1-2-20-15-9-5-3-7-12(15)13(18)11-17-19-14-8-4-6-10-16(14)21-17/h3-10,13H,2,11H2,1H3. The lowest BCUT2D eigenvalue weighted by Crippen LogP contribution is -2.01. The van der Waals surface area contributed by atoms with Gasteiger partial charge in [-0.2, -0.15) is 0 Å². The molecule has 2 aromatic carbocycles. The van der Waals surface area contributed by atoms with Crippen LogP contribution in [0.3, 0.4) is 0 Å². The molecule has 0 amide bonds. The van der Waals surface area contributed by atoms with Gasteiger partial charge in [0.1, 0.15) is 11.3 Å². The maximum Gasteiger partial charge on any atom is 0.196 e. The topological polar surface area (TPSA) is 35.3 Å². The molecule has 0 spiro atoms. The maximum absolute atomic E-state index is 5.78. The molecule has 0 aliphatic carbocycles. The third-order valence-electron chi connectivity index (χ3n) is 3.25. The monoisotopic (exact) mass is 345 g/mol. The Hall–Kier alpha value is -1.81. The summed E-state index contributed by atoms with van der Waals surface area (Å²) in [5.41, 5.74) is 2.83. The number of nitrogens with zero attached hydrogens (tertiary/aromatic N) is 1. The summed E-state index contributed by atoms with van der Waals surface area (Å²) in [6, 6.07) is 15.8. The van der Waals surface area contributed by atoms with Gasteiger partial charge in [-0.25, -0.2) is 4.98 Å². The molecule has 0 bridgehead atoms. The number of alkyl halides is 1. The van der Waals surface area contributed by atoms with Crippen LogP contribution in [-0.2, 0) is 6.42 Å².